The van der Waals surface area contributed by atoms with Gasteiger partial charge < -0.3 is 5.11 Å². The maximum atomic E-state index is 13.9. The van der Waals surface area contributed by atoms with Gasteiger partial charge in [0.25, 0.3) is 0 Å². The standard InChI is InChI=1S/C22H20BrF3N4O4S/c1-21(8-2-5-14(23)11-21)35(33,34)30-13-16(15-6-3-9-27-20(15)30)17-12-29(10-4-7-18(31)32)28-19(17)22(24,25)26/h2-3,5-6,9,11-13H,4,7-8,10H2,1H3,(H,31,32). The molecule has 0 bridgehead atoms. The van der Waals surface area contributed by atoms with Gasteiger partial charge in [0.2, 0.25) is 10.0 Å². The Bertz CT molecular complexity index is 1470. The first-order valence-corrected chi connectivity index (χ1v) is 12.7. The summed E-state index contributed by atoms with van der Waals surface area (Å²) in [5.41, 5.74) is -1.51. The van der Waals surface area contributed by atoms with Crippen molar-refractivity contribution in [2.75, 3.05) is 0 Å². The number of halogens is 4. The first-order chi connectivity index (χ1) is 16.3. The molecule has 0 aliphatic heterocycles. The lowest BCUT2D eigenvalue weighted by Gasteiger charge is -2.27. The Balaban J connectivity index is 1.89. The number of aliphatic carboxylic acids is 1. The number of hydrogen-bond acceptors (Lipinski definition) is 5. The maximum absolute atomic E-state index is 13.9. The predicted octanol–water partition coefficient (Wildman–Crippen LogP) is 4.96. The quantitative estimate of drug-likeness (QED) is 0.429. The van der Waals surface area contributed by atoms with Crippen molar-refractivity contribution in [2.24, 2.45) is 0 Å². The van der Waals surface area contributed by atoms with Crippen molar-refractivity contribution >= 4 is 43.0 Å². The predicted molar refractivity (Wildman–Crippen MR) is 126 cm³/mol. The largest absolute Gasteiger partial charge is 0.481 e. The SMILES string of the molecule is CC1(S(=O)(=O)n2cc(-c3cn(CCCC(=O)O)nc3C(F)(F)F)c3cccnc32)C=C(Br)C=CC1. The molecule has 1 unspecified atom stereocenters. The van der Waals surface area contributed by atoms with Crippen molar-refractivity contribution in [3.63, 3.8) is 0 Å². The fraction of sp³-hybridized carbons (Fsp3) is 0.318. The van der Waals surface area contributed by atoms with Gasteiger partial charge in [-0.05, 0) is 38.0 Å². The summed E-state index contributed by atoms with van der Waals surface area (Å²) in [4.78, 5) is 14.9. The summed E-state index contributed by atoms with van der Waals surface area (Å²) in [6.07, 6.45) is 3.83. The fourth-order valence-corrected chi connectivity index (χ4v) is 6.47. The molecule has 0 fully saturated rings. The number of hydrogen-bond donors (Lipinski definition) is 1. The molecule has 1 aliphatic carbocycles. The molecule has 35 heavy (non-hydrogen) atoms. The van der Waals surface area contributed by atoms with Crippen molar-refractivity contribution in [3.8, 4) is 11.1 Å². The van der Waals surface area contributed by atoms with E-state index in [0.29, 0.717) is 4.48 Å². The van der Waals surface area contributed by atoms with E-state index in [9.17, 15) is 26.4 Å². The number of fused-ring (bicyclic) bond motifs is 1. The van der Waals surface area contributed by atoms with Crippen LogP contribution in [-0.2, 0) is 27.5 Å². The second kappa shape index (κ2) is 8.94. The van der Waals surface area contributed by atoms with Crippen LogP contribution in [0.25, 0.3) is 22.2 Å². The lowest BCUT2D eigenvalue weighted by atomic mass is 10.0. The molecule has 186 valence electrons. The molecule has 13 heteroatoms. The lowest BCUT2D eigenvalue weighted by Crippen LogP contribution is -2.38. The monoisotopic (exact) mass is 572 g/mol. The van der Waals surface area contributed by atoms with Gasteiger partial charge in [-0.3, -0.25) is 9.48 Å². The molecule has 0 saturated heterocycles. The molecular formula is C22H20BrF3N4O4S. The Morgan fingerprint density at radius 1 is 1.29 bits per heavy atom. The zero-order valence-electron chi connectivity index (χ0n) is 18.3. The average Bonchev–Trinajstić information content (AvgIpc) is 3.35. The van der Waals surface area contributed by atoms with E-state index in [2.05, 4.69) is 26.0 Å². The number of alkyl halides is 3. The number of aromatic nitrogens is 4. The molecule has 3 aromatic heterocycles. The zero-order chi connectivity index (χ0) is 25.6. The van der Waals surface area contributed by atoms with E-state index in [1.54, 1.807) is 18.2 Å². The van der Waals surface area contributed by atoms with E-state index in [1.807, 2.05) is 0 Å². The van der Waals surface area contributed by atoms with E-state index >= 15 is 0 Å². The second-order valence-electron chi connectivity index (χ2n) is 8.32. The van der Waals surface area contributed by atoms with E-state index in [0.717, 1.165) is 21.0 Å². The van der Waals surface area contributed by atoms with Crippen molar-refractivity contribution in [1.29, 1.82) is 0 Å². The van der Waals surface area contributed by atoms with E-state index < -0.39 is 32.6 Å². The highest BCUT2D eigenvalue weighted by atomic mass is 79.9. The van der Waals surface area contributed by atoms with Crippen LogP contribution in [0.2, 0.25) is 0 Å². The third-order valence-corrected chi connectivity index (χ3v) is 8.47. The smallest absolute Gasteiger partial charge is 0.435 e. The average molecular weight is 573 g/mol. The molecule has 0 spiro atoms. The summed E-state index contributed by atoms with van der Waals surface area (Å²) in [7, 11) is -4.15. The van der Waals surface area contributed by atoms with Crippen LogP contribution >= 0.6 is 15.9 Å². The third kappa shape index (κ3) is 4.66. The minimum absolute atomic E-state index is 0.00504. The molecule has 0 radical (unpaired) electrons. The van der Waals surface area contributed by atoms with Gasteiger partial charge in [-0.2, -0.15) is 18.3 Å². The minimum Gasteiger partial charge on any atom is -0.481 e. The molecule has 0 saturated carbocycles. The number of carboxylic acids is 1. The molecule has 1 atom stereocenters. The summed E-state index contributed by atoms with van der Waals surface area (Å²) >= 11 is 3.30. The molecule has 1 aliphatic rings. The summed E-state index contributed by atoms with van der Waals surface area (Å²) < 4.78 is 70.3. The van der Waals surface area contributed by atoms with Crippen molar-refractivity contribution < 1.29 is 31.5 Å². The number of allylic oxidation sites excluding steroid dienone is 3. The fourth-order valence-electron chi connectivity index (χ4n) is 3.97. The van der Waals surface area contributed by atoms with Gasteiger partial charge in [0.1, 0.15) is 4.75 Å². The van der Waals surface area contributed by atoms with Crippen molar-refractivity contribution in [1.82, 2.24) is 18.7 Å². The maximum Gasteiger partial charge on any atom is 0.435 e. The summed E-state index contributed by atoms with van der Waals surface area (Å²) in [5, 5.41) is 12.7. The van der Waals surface area contributed by atoms with Gasteiger partial charge in [-0.25, -0.2) is 17.4 Å². The van der Waals surface area contributed by atoms with Crippen LogP contribution in [0, 0.1) is 0 Å². The van der Waals surface area contributed by atoms with Crippen LogP contribution in [0.15, 0.2) is 53.4 Å². The van der Waals surface area contributed by atoms with Crippen LogP contribution in [0.3, 0.4) is 0 Å². The van der Waals surface area contributed by atoms with Gasteiger partial charge >= 0.3 is 12.1 Å². The number of carboxylic acid groups (broad SMARTS) is 1. The van der Waals surface area contributed by atoms with Gasteiger partial charge in [0.05, 0.1) is 0 Å². The van der Waals surface area contributed by atoms with Gasteiger partial charge in [-0.15, -0.1) is 0 Å². The number of carbonyl (C=O) groups is 1. The molecule has 0 aromatic carbocycles. The minimum atomic E-state index is -4.82. The van der Waals surface area contributed by atoms with E-state index in [-0.39, 0.29) is 48.0 Å². The number of rotatable bonds is 7. The molecule has 4 rings (SSSR count). The molecule has 8 nitrogen and oxygen atoms in total. The molecule has 3 aromatic rings. The summed E-state index contributed by atoms with van der Waals surface area (Å²) in [5.74, 6) is -1.07. The first-order valence-electron chi connectivity index (χ1n) is 10.5. The molecular weight excluding hydrogens is 553 g/mol. The molecule has 3 heterocycles. The van der Waals surface area contributed by atoms with Crippen LogP contribution < -0.4 is 0 Å². The van der Waals surface area contributed by atoms with Gasteiger partial charge in [0.15, 0.2) is 11.3 Å². The Hall–Kier alpha value is -2.93. The Labute approximate surface area is 206 Å². The Kier molecular flexibility index (Phi) is 6.43. The topological polar surface area (TPSA) is 107 Å². The van der Waals surface area contributed by atoms with Crippen molar-refractivity contribution in [2.45, 2.75) is 43.7 Å². The van der Waals surface area contributed by atoms with E-state index in [1.165, 1.54) is 25.3 Å². The highest BCUT2D eigenvalue weighted by Gasteiger charge is 2.42. The highest BCUT2D eigenvalue weighted by Crippen LogP contribution is 2.41. The number of pyridine rings is 1. The van der Waals surface area contributed by atoms with Crippen LogP contribution in [0.1, 0.15) is 31.9 Å². The van der Waals surface area contributed by atoms with Crippen molar-refractivity contribution in [3.05, 3.63) is 59.1 Å². The van der Waals surface area contributed by atoms with Gasteiger partial charge in [-0.1, -0.05) is 28.1 Å². The zero-order valence-corrected chi connectivity index (χ0v) is 20.7. The summed E-state index contributed by atoms with van der Waals surface area (Å²) in [6, 6.07) is 3.01. The number of nitrogens with zero attached hydrogens (tertiary/aromatic N) is 4. The van der Waals surface area contributed by atoms with Crippen LogP contribution in [0.4, 0.5) is 13.2 Å². The van der Waals surface area contributed by atoms with Crippen LogP contribution in [-0.4, -0.2) is 43.0 Å². The Morgan fingerprint density at radius 2 is 2.03 bits per heavy atom. The van der Waals surface area contributed by atoms with E-state index in [4.69, 9.17) is 5.11 Å². The Morgan fingerprint density at radius 3 is 2.69 bits per heavy atom. The molecule has 0 amide bonds. The molecule has 1 N–H and O–H groups in total. The van der Waals surface area contributed by atoms with Crippen LogP contribution in [0.5, 0.6) is 0 Å². The third-order valence-electron chi connectivity index (χ3n) is 5.72. The highest BCUT2D eigenvalue weighted by molar-refractivity contribution is 9.11. The summed E-state index contributed by atoms with van der Waals surface area (Å²) in [6.45, 7) is 1.48. The number of aryl methyl sites for hydroxylation is 1. The first kappa shape index (κ1) is 25.2. The normalized spacial score (nSPS) is 18.7. The van der Waals surface area contributed by atoms with Gasteiger partial charge in [0, 0.05) is 52.6 Å². The second-order valence-corrected chi connectivity index (χ2v) is 11.5. The lowest BCUT2D eigenvalue weighted by molar-refractivity contribution is -0.141.